The van der Waals surface area contributed by atoms with Gasteiger partial charge in [0.15, 0.2) is 0 Å². The third-order valence-corrected chi connectivity index (χ3v) is 8.21. The average Bonchev–Trinajstić information content (AvgIpc) is 3.04. The Morgan fingerprint density at radius 3 is 1.85 bits per heavy atom. The van der Waals surface area contributed by atoms with Crippen molar-refractivity contribution in [1.29, 1.82) is 0 Å². The molecule has 4 atom stereocenters. The molecule has 1 heterocycles. The van der Waals surface area contributed by atoms with Gasteiger partial charge in [-0.05, 0) is 56.8 Å². The largest absolute Gasteiger partial charge is 0.413 e. The van der Waals surface area contributed by atoms with Crippen LogP contribution in [0.2, 0.25) is 0 Å². The number of halogens is 6. The lowest BCUT2D eigenvalue weighted by atomic mass is 9.73. The summed E-state index contributed by atoms with van der Waals surface area (Å²) in [6.45, 7) is 9.48. The van der Waals surface area contributed by atoms with Crippen molar-refractivity contribution < 1.29 is 26.3 Å². The van der Waals surface area contributed by atoms with Crippen molar-refractivity contribution in [1.82, 2.24) is 4.31 Å². The fraction of sp³-hybridized carbons (Fsp3) is 1.00. The Morgan fingerprint density at radius 1 is 0.885 bits per heavy atom. The predicted molar refractivity (Wildman–Crippen MR) is 90.5 cm³/mol. The Morgan fingerprint density at radius 2 is 1.38 bits per heavy atom. The van der Waals surface area contributed by atoms with E-state index in [1.54, 1.807) is 13.8 Å². The van der Waals surface area contributed by atoms with Crippen LogP contribution >= 0.6 is 11.9 Å². The van der Waals surface area contributed by atoms with Gasteiger partial charge in [-0.25, -0.2) is 4.31 Å². The number of fused-ring (bicyclic) bond motifs is 5. The Bertz CT molecular complexity index is 547. The summed E-state index contributed by atoms with van der Waals surface area (Å²) in [6, 6.07) is -0.653. The summed E-state index contributed by atoms with van der Waals surface area (Å²) in [5.74, 6) is -1.95. The Labute approximate surface area is 155 Å². The van der Waals surface area contributed by atoms with Crippen LogP contribution in [0.1, 0.15) is 60.3 Å². The molecule has 3 rings (SSSR count). The molecule has 0 amide bonds. The molecule has 0 N–H and O–H groups in total. The molecule has 1 saturated heterocycles. The van der Waals surface area contributed by atoms with Gasteiger partial charge in [-0.15, -0.1) is 0 Å². The highest BCUT2D eigenvalue weighted by Crippen LogP contribution is 2.72. The molecule has 152 valence electrons. The fourth-order valence-corrected chi connectivity index (χ4v) is 7.70. The topological polar surface area (TPSA) is 3.24 Å². The Balaban J connectivity index is 2.10. The molecule has 0 radical (unpaired) electrons. The van der Waals surface area contributed by atoms with Crippen LogP contribution in [-0.4, -0.2) is 33.0 Å². The van der Waals surface area contributed by atoms with Gasteiger partial charge in [-0.3, -0.25) is 0 Å². The average molecular weight is 403 g/mol. The van der Waals surface area contributed by atoms with E-state index in [0.717, 1.165) is 6.42 Å². The number of rotatable bonds is 2. The number of hydrogen-bond acceptors (Lipinski definition) is 2. The van der Waals surface area contributed by atoms with Gasteiger partial charge in [-0.2, -0.15) is 26.3 Å². The summed E-state index contributed by atoms with van der Waals surface area (Å²) in [6.07, 6.45) is -8.41. The third-order valence-electron chi connectivity index (χ3n) is 6.26. The van der Waals surface area contributed by atoms with E-state index in [1.165, 1.54) is 4.31 Å². The molecular formula is C18H27F6NS. The van der Waals surface area contributed by atoms with Crippen molar-refractivity contribution in [2.24, 2.45) is 23.2 Å². The maximum atomic E-state index is 14.0. The summed E-state index contributed by atoms with van der Waals surface area (Å²) >= 11 is 0.0425. The second-order valence-corrected chi connectivity index (χ2v) is 11.3. The van der Waals surface area contributed by atoms with E-state index in [4.69, 9.17) is 0 Å². The monoisotopic (exact) mass is 403 g/mol. The third kappa shape index (κ3) is 2.88. The van der Waals surface area contributed by atoms with Crippen molar-refractivity contribution in [3.63, 3.8) is 0 Å². The van der Waals surface area contributed by atoms with Crippen LogP contribution in [0.4, 0.5) is 26.3 Å². The van der Waals surface area contributed by atoms with E-state index in [-0.39, 0.29) is 23.3 Å². The predicted octanol–water partition coefficient (Wildman–Crippen LogP) is 6.44. The van der Waals surface area contributed by atoms with E-state index in [9.17, 15) is 26.3 Å². The summed E-state index contributed by atoms with van der Waals surface area (Å²) in [4.78, 5) is 0. The van der Waals surface area contributed by atoms with E-state index in [2.05, 4.69) is 0 Å². The molecule has 1 nitrogen and oxygen atoms in total. The molecule has 2 aliphatic carbocycles. The van der Waals surface area contributed by atoms with Gasteiger partial charge in [0.2, 0.25) is 4.75 Å². The molecule has 0 aromatic rings. The quantitative estimate of drug-likeness (QED) is 0.385. The minimum atomic E-state index is -5.32. The molecule has 1 aliphatic heterocycles. The molecule has 0 unspecified atom stereocenters. The minimum absolute atomic E-state index is 0.0425. The SMILES string of the molecule is CC(C)(C)CC(C)(C)N1SC(C(F)(F)F)(C(F)(F)F)[C@H]2[C@@H]3CC[C@@H](C3)[C@H]21. The lowest BCUT2D eigenvalue weighted by Gasteiger charge is -2.44. The van der Waals surface area contributed by atoms with Crippen LogP contribution in [0.15, 0.2) is 0 Å². The Hall–Kier alpha value is -0.110. The normalized spacial score (nSPS) is 35.2. The lowest BCUT2D eigenvalue weighted by Crippen LogP contribution is -2.59. The molecule has 3 aliphatic rings. The molecule has 2 bridgehead atoms. The van der Waals surface area contributed by atoms with Gasteiger partial charge in [0, 0.05) is 17.5 Å². The molecule has 26 heavy (non-hydrogen) atoms. The molecule has 0 aromatic heterocycles. The summed E-state index contributed by atoms with van der Waals surface area (Å²) in [5, 5.41) is 0. The number of hydrogen-bond donors (Lipinski definition) is 0. The lowest BCUT2D eigenvalue weighted by molar-refractivity contribution is -0.280. The highest BCUT2D eigenvalue weighted by Gasteiger charge is 2.83. The molecule has 0 aromatic carbocycles. The summed E-state index contributed by atoms with van der Waals surface area (Å²) < 4.78 is 81.9. The van der Waals surface area contributed by atoms with Gasteiger partial charge in [0.1, 0.15) is 0 Å². The van der Waals surface area contributed by atoms with Crippen molar-refractivity contribution in [3.05, 3.63) is 0 Å². The zero-order chi connectivity index (χ0) is 19.9. The van der Waals surface area contributed by atoms with Crippen LogP contribution in [0.25, 0.3) is 0 Å². The number of alkyl halides is 6. The standard InChI is InChI=1S/C18H27F6NS/c1-14(2,3)9-15(4,5)25-13-11-7-6-10(8-11)12(13)16(26-25,17(19,20)21)18(22,23)24/h10-13H,6-9H2,1-5H3/t10-,11+,12+,13-/m1/s1. The van der Waals surface area contributed by atoms with Gasteiger partial charge in [-0.1, -0.05) is 32.7 Å². The van der Waals surface area contributed by atoms with Gasteiger partial charge < -0.3 is 0 Å². The van der Waals surface area contributed by atoms with E-state index >= 15 is 0 Å². The van der Waals surface area contributed by atoms with E-state index in [1.807, 2.05) is 20.8 Å². The first-order chi connectivity index (χ1) is 11.5. The van der Waals surface area contributed by atoms with Gasteiger partial charge in [0.05, 0.1) is 0 Å². The number of nitrogens with zero attached hydrogens (tertiary/aromatic N) is 1. The minimum Gasteiger partial charge on any atom is -0.240 e. The van der Waals surface area contributed by atoms with Crippen LogP contribution in [0.5, 0.6) is 0 Å². The zero-order valence-corrected chi connectivity index (χ0v) is 16.6. The maximum Gasteiger partial charge on any atom is 0.413 e. The first-order valence-corrected chi connectivity index (χ1v) is 9.90. The van der Waals surface area contributed by atoms with Crippen molar-refractivity contribution in [2.45, 2.75) is 89.0 Å². The van der Waals surface area contributed by atoms with Gasteiger partial charge in [0.25, 0.3) is 0 Å². The van der Waals surface area contributed by atoms with Gasteiger partial charge >= 0.3 is 12.4 Å². The van der Waals surface area contributed by atoms with Crippen LogP contribution in [0, 0.1) is 23.2 Å². The highest BCUT2D eigenvalue weighted by molar-refractivity contribution is 7.98. The highest BCUT2D eigenvalue weighted by atomic mass is 32.2. The molecule has 3 fully saturated rings. The summed E-state index contributed by atoms with van der Waals surface area (Å²) in [5.41, 5.74) is -0.951. The second kappa shape index (κ2) is 5.71. The fourth-order valence-electron chi connectivity index (χ4n) is 5.99. The molecule has 8 heteroatoms. The smallest absolute Gasteiger partial charge is 0.240 e. The van der Waals surface area contributed by atoms with Crippen molar-refractivity contribution in [3.8, 4) is 0 Å². The van der Waals surface area contributed by atoms with E-state index < -0.39 is 40.5 Å². The molecule has 2 saturated carbocycles. The second-order valence-electron chi connectivity index (χ2n) is 10.0. The van der Waals surface area contributed by atoms with Crippen molar-refractivity contribution in [2.75, 3.05) is 0 Å². The first kappa shape index (κ1) is 20.6. The maximum absolute atomic E-state index is 14.0. The first-order valence-electron chi connectivity index (χ1n) is 9.13. The van der Waals surface area contributed by atoms with Crippen LogP contribution in [0.3, 0.4) is 0 Å². The van der Waals surface area contributed by atoms with E-state index in [0.29, 0.717) is 19.3 Å². The molecule has 0 spiro atoms. The zero-order valence-electron chi connectivity index (χ0n) is 15.8. The summed E-state index contributed by atoms with van der Waals surface area (Å²) in [7, 11) is 0. The Kier molecular flexibility index (Phi) is 4.53. The van der Waals surface area contributed by atoms with Crippen LogP contribution < -0.4 is 0 Å². The van der Waals surface area contributed by atoms with Crippen molar-refractivity contribution >= 4 is 11.9 Å². The van der Waals surface area contributed by atoms with Crippen LogP contribution in [-0.2, 0) is 0 Å². The molecular weight excluding hydrogens is 376 g/mol.